The minimum absolute atomic E-state index is 0.0265. The van der Waals surface area contributed by atoms with Gasteiger partial charge in [0.25, 0.3) is 0 Å². The molecule has 1 fully saturated rings. The smallest absolute Gasteiger partial charge is 0.155 e. The molecule has 0 radical (unpaired) electrons. The molecular weight excluding hydrogens is 414 g/mol. The van der Waals surface area contributed by atoms with Crippen molar-refractivity contribution in [3.8, 4) is 0 Å². The fourth-order valence-corrected chi connectivity index (χ4v) is 5.69. The summed E-state index contributed by atoms with van der Waals surface area (Å²) in [6, 6.07) is 19.1. The van der Waals surface area contributed by atoms with E-state index in [2.05, 4.69) is 108 Å². The number of benzene rings is 2. The van der Waals surface area contributed by atoms with Crippen molar-refractivity contribution in [3.05, 3.63) is 71.3 Å². The number of aryl methyl sites for hydroxylation is 2. The van der Waals surface area contributed by atoms with Crippen molar-refractivity contribution in [1.82, 2.24) is 5.32 Å². The minimum atomic E-state index is -0.414. The molecule has 1 aliphatic carbocycles. The summed E-state index contributed by atoms with van der Waals surface area (Å²) in [4.78, 5) is 14.0. The molecule has 0 saturated heterocycles. The van der Waals surface area contributed by atoms with Gasteiger partial charge < -0.3 is 5.32 Å². The van der Waals surface area contributed by atoms with Gasteiger partial charge in [-0.1, -0.05) is 94.8 Å². The van der Waals surface area contributed by atoms with E-state index in [0.29, 0.717) is 11.2 Å². The van der Waals surface area contributed by atoms with Gasteiger partial charge in [-0.25, -0.2) is 0 Å². The summed E-state index contributed by atoms with van der Waals surface area (Å²) in [7, 11) is 0. The molecule has 0 amide bonds. The number of Topliss-reactive ketones (excluding diaryl/α,β-unsaturated/α-hetero) is 1. The molecule has 186 valence electrons. The highest BCUT2D eigenvalue weighted by Gasteiger charge is 2.40. The van der Waals surface area contributed by atoms with Gasteiger partial charge in [-0.3, -0.25) is 4.79 Å². The third kappa shape index (κ3) is 7.28. The number of carbonyl (C=O) groups excluding carboxylic acids is 1. The van der Waals surface area contributed by atoms with Gasteiger partial charge in [0.15, 0.2) is 5.78 Å². The van der Waals surface area contributed by atoms with E-state index >= 15 is 0 Å². The first-order valence-corrected chi connectivity index (χ1v) is 13.3. The van der Waals surface area contributed by atoms with Crippen molar-refractivity contribution in [1.29, 1.82) is 0 Å². The van der Waals surface area contributed by atoms with Crippen molar-refractivity contribution in [2.45, 2.75) is 105 Å². The number of ketones is 1. The number of rotatable bonds is 9. The maximum Gasteiger partial charge on any atom is 0.155 e. The lowest BCUT2D eigenvalue weighted by molar-refractivity contribution is -0.130. The SMILES string of the molecule is Cc1ccc(CC(C)(C)C(=O)C(CCc2ccccc2)NC2(C)CCC(C(C)(C)C)CC2)cc1. The first-order chi connectivity index (χ1) is 15.9. The first-order valence-electron chi connectivity index (χ1n) is 13.3. The van der Waals surface area contributed by atoms with Crippen LogP contribution in [0.4, 0.5) is 0 Å². The Bertz CT molecular complexity index is 912. The topological polar surface area (TPSA) is 29.1 Å². The molecule has 0 spiro atoms. The van der Waals surface area contributed by atoms with Gasteiger partial charge >= 0.3 is 0 Å². The quantitative estimate of drug-likeness (QED) is 0.414. The molecule has 0 aliphatic heterocycles. The lowest BCUT2D eigenvalue weighted by Crippen LogP contribution is -2.56. The van der Waals surface area contributed by atoms with Gasteiger partial charge in [-0.2, -0.15) is 0 Å². The van der Waals surface area contributed by atoms with Crippen LogP contribution in [0, 0.1) is 23.7 Å². The number of hydrogen-bond donors (Lipinski definition) is 1. The summed E-state index contributed by atoms with van der Waals surface area (Å²) >= 11 is 0. The largest absolute Gasteiger partial charge is 0.302 e. The molecule has 2 aromatic rings. The van der Waals surface area contributed by atoms with E-state index < -0.39 is 5.41 Å². The van der Waals surface area contributed by atoms with E-state index in [1.165, 1.54) is 29.5 Å². The Hall–Kier alpha value is -1.93. The molecule has 2 heteroatoms. The number of carbonyl (C=O) groups is 1. The molecule has 1 atom stereocenters. The van der Waals surface area contributed by atoms with Crippen molar-refractivity contribution >= 4 is 5.78 Å². The second-order valence-corrected chi connectivity index (χ2v) is 12.8. The Morgan fingerprint density at radius 1 is 0.941 bits per heavy atom. The third-order valence-electron chi connectivity index (χ3n) is 8.15. The molecule has 0 aromatic heterocycles. The van der Waals surface area contributed by atoms with Crippen LogP contribution in [0.15, 0.2) is 54.6 Å². The highest BCUT2D eigenvalue weighted by Crippen LogP contribution is 2.42. The molecule has 1 aliphatic rings. The van der Waals surface area contributed by atoms with Crippen LogP contribution in [0.1, 0.15) is 90.3 Å². The van der Waals surface area contributed by atoms with Crippen molar-refractivity contribution in [2.24, 2.45) is 16.7 Å². The predicted molar refractivity (Wildman–Crippen MR) is 145 cm³/mol. The highest BCUT2D eigenvalue weighted by atomic mass is 16.1. The summed E-state index contributed by atoms with van der Waals surface area (Å²) in [6.07, 6.45) is 7.30. The molecule has 0 bridgehead atoms. The minimum Gasteiger partial charge on any atom is -0.302 e. The third-order valence-corrected chi connectivity index (χ3v) is 8.15. The second-order valence-electron chi connectivity index (χ2n) is 12.8. The lowest BCUT2D eigenvalue weighted by Gasteiger charge is -2.45. The summed E-state index contributed by atoms with van der Waals surface area (Å²) in [5.41, 5.74) is 3.78. The van der Waals surface area contributed by atoms with Gasteiger partial charge in [0.1, 0.15) is 0 Å². The molecule has 1 N–H and O–H groups in total. The highest BCUT2D eigenvalue weighted by molar-refractivity contribution is 5.89. The van der Waals surface area contributed by atoms with E-state index in [9.17, 15) is 4.79 Å². The van der Waals surface area contributed by atoms with E-state index in [0.717, 1.165) is 38.0 Å². The predicted octanol–water partition coefficient (Wildman–Crippen LogP) is 7.72. The van der Waals surface area contributed by atoms with Crippen molar-refractivity contribution in [3.63, 3.8) is 0 Å². The van der Waals surface area contributed by atoms with Crippen LogP contribution in [-0.4, -0.2) is 17.4 Å². The van der Waals surface area contributed by atoms with Crippen molar-refractivity contribution < 1.29 is 4.79 Å². The van der Waals surface area contributed by atoms with E-state index in [1.807, 2.05) is 0 Å². The van der Waals surface area contributed by atoms with E-state index in [4.69, 9.17) is 0 Å². The van der Waals surface area contributed by atoms with Crippen LogP contribution >= 0.6 is 0 Å². The van der Waals surface area contributed by atoms with Gasteiger partial charge in [0.2, 0.25) is 0 Å². The van der Waals surface area contributed by atoms with Crippen LogP contribution < -0.4 is 5.32 Å². The summed E-state index contributed by atoms with van der Waals surface area (Å²) < 4.78 is 0. The molecule has 0 heterocycles. The van der Waals surface area contributed by atoms with Gasteiger partial charge in [-0.05, 0) is 81.3 Å². The van der Waals surface area contributed by atoms with Crippen LogP contribution in [0.25, 0.3) is 0 Å². The molecule has 1 unspecified atom stereocenters. The zero-order valence-electron chi connectivity index (χ0n) is 22.7. The number of hydrogen-bond acceptors (Lipinski definition) is 2. The summed E-state index contributed by atoms with van der Waals surface area (Å²) in [5, 5.41) is 3.93. The van der Waals surface area contributed by atoms with E-state index in [1.54, 1.807) is 0 Å². The van der Waals surface area contributed by atoms with Crippen molar-refractivity contribution in [2.75, 3.05) is 0 Å². The molecule has 34 heavy (non-hydrogen) atoms. The molecule has 2 aromatic carbocycles. The Morgan fingerprint density at radius 2 is 1.53 bits per heavy atom. The average molecular weight is 462 g/mol. The van der Waals surface area contributed by atoms with Crippen LogP contribution in [0.5, 0.6) is 0 Å². The van der Waals surface area contributed by atoms with E-state index in [-0.39, 0.29) is 11.6 Å². The van der Waals surface area contributed by atoms with Gasteiger partial charge in [0, 0.05) is 11.0 Å². The zero-order valence-corrected chi connectivity index (χ0v) is 22.7. The Morgan fingerprint density at radius 3 is 2.09 bits per heavy atom. The Balaban J connectivity index is 1.75. The zero-order chi connectivity index (χ0) is 25.0. The molecule has 1 saturated carbocycles. The second kappa shape index (κ2) is 10.8. The Labute approximate surface area is 208 Å². The summed E-state index contributed by atoms with van der Waals surface area (Å²) in [6.45, 7) is 15.8. The first kappa shape index (κ1) is 26.7. The number of nitrogens with one attached hydrogen (secondary N) is 1. The maximum atomic E-state index is 14.0. The van der Waals surface area contributed by atoms with Crippen LogP contribution in [0.2, 0.25) is 0 Å². The lowest BCUT2D eigenvalue weighted by atomic mass is 9.67. The fourth-order valence-electron chi connectivity index (χ4n) is 5.69. The molecule has 2 nitrogen and oxygen atoms in total. The van der Waals surface area contributed by atoms with Gasteiger partial charge in [0.05, 0.1) is 6.04 Å². The van der Waals surface area contributed by atoms with Crippen LogP contribution in [0.3, 0.4) is 0 Å². The molecular formula is C32H47NO. The summed E-state index contributed by atoms with van der Waals surface area (Å²) in [5.74, 6) is 1.11. The van der Waals surface area contributed by atoms with Gasteiger partial charge in [-0.15, -0.1) is 0 Å². The normalized spacial score (nSPS) is 22.4. The average Bonchev–Trinajstić information content (AvgIpc) is 2.78. The molecule has 3 rings (SSSR count). The fraction of sp³-hybridized carbons (Fsp3) is 0.594. The Kier molecular flexibility index (Phi) is 8.45. The van der Waals surface area contributed by atoms with Crippen LogP contribution in [-0.2, 0) is 17.6 Å². The maximum absolute atomic E-state index is 14.0. The monoisotopic (exact) mass is 461 g/mol. The standard InChI is InChI=1S/C32H47NO/c1-24-13-15-26(16-14-24)23-31(5,6)29(34)28(18-17-25-11-9-8-10-12-25)33-32(7)21-19-27(20-22-32)30(2,3)4/h8-16,27-28,33H,17-23H2,1-7H3.